The minimum atomic E-state index is -2.91. The Labute approximate surface area is 150 Å². The van der Waals surface area contributed by atoms with Crippen molar-refractivity contribution >= 4 is 15.9 Å². The van der Waals surface area contributed by atoms with Crippen molar-refractivity contribution in [3.8, 4) is 0 Å². The van der Waals surface area contributed by atoms with Gasteiger partial charge in [0.15, 0.2) is 0 Å². The molecule has 2 nitrogen and oxygen atoms in total. The summed E-state index contributed by atoms with van der Waals surface area (Å²) in [5.41, 5.74) is 1.67. The summed E-state index contributed by atoms with van der Waals surface area (Å²) in [5, 5.41) is 0. The van der Waals surface area contributed by atoms with Crippen LogP contribution in [0.3, 0.4) is 0 Å². The van der Waals surface area contributed by atoms with Gasteiger partial charge in [0.2, 0.25) is 0 Å². The van der Waals surface area contributed by atoms with E-state index >= 15 is 0 Å². The van der Waals surface area contributed by atoms with E-state index in [9.17, 15) is 8.42 Å². The zero-order chi connectivity index (χ0) is 17.0. The molecule has 3 fully saturated rings. The van der Waals surface area contributed by atoms with E-state index in [1.165, 1.54) is 96.3 Å². The summed E-state index contributed by atoms with van der Waals surface area (Å²) in [6, 6.07) is 0. The Morgan fingerprint density at radius 1 is 0.625 bits per heavy atom. The highest BCUT2D eigenvalue weighted by atomic mass is 32.8. The van der Waals surface area contributed by atoms with Crippen LogP contribution in [0.2, 0.25) is 0 Å². The molecule has 0 N–H and O–H groups in total. The normalized spacial score (nSPS) is 26.5. The lowest BCUT2D eigenvalue weighted by Gasteiger charge is -2.47. The molecule has 3 saturated carbocycles. The van der Waals surface area contributed by atoms with Crippen molar-refractivity contribution in [2.24, 2.45) is 0 Å². The fourth-order valence-electron chi connectivity index (χ4n) is 6.25. The van der Waals surface area contributed by atoms with Crippen LogP contribution in [0.4, 0.5) is 0 Å². The molecule has 0 atom stereocenters. The van der Waals surface area contributed by atoms with Gasteiger partial charge in [0.25, 0.3) is 9.46 Å². The van der Waals surface area contributed by atoms with Crippen LogP contribution in [0.25, 0.3) is 0 Å². The largest absolute Gasteiger partial charge is 0.256 e. The van der Waals surface area contributed by atoms with E-state index in [4.69, 9.17) is 0 Å². The maximum Gasteiger partial charge on any atom is 0.256 e. The predicted octanol–water partition coefficient (Wildman–Crippen LogP) is 6.35. The first kappa shape index (κ1) is 19.2. The van der Waals surface area contributed by atoms with Crippen molar-refractivity contribution in [2.45, 2.75) is 120 Å². The Bertz CT molecular complexity index is 438. The predicted molar refractivity (Wildman–Crippen MR) is 107 cm³/mol. The maximum atomic E-state index is 13.8. The molecular formula is C20H38O2PS+. The molecule has 0 saturated heterocycles. The van der Waals surface area contributed by atoms with Crippen molar-refractivity contribution in [3.63, 3.8) is 0 Å². The highest BCUT2D eigenvalue weighted by molar-refractivity contribution is 8.57. The molecule has 0 aliphatic heterocycles. The van der Waals surface area contributed by atoms with Gasteiger partial charge in [-0.2, -0.15) is 8.42 Å². The zero-order valence-electron chi connectivity index (χ0n) is 15.7. The van der Waals surface area contributed by atoms with Gasteiger partial charge in [-0.15, -0.1) is 0 Å². The molecule has 3 rings (SSSR count). The van der Waals surface area contributed by atoms with E-state index in [1.54, 1.807) is 0 Å². The van der Waals surface area contributed by atoms with Crippen molar-refractivity contribution in [2.75, 3.05) is 5.75 Å². The van der Waals surface area contributed by atoms with Crippen LogP contribution in [0.15, 0.2) is 0 Å². The summed E-state index contributed by atoms with van der Waals surface area (Å²) in [6.07, 6.45) is 19.0. The Hall–Kier alpha value is 0.380. The molecule has 4 heteroatoms. The van der Waals surface area contributed by atoms with Crippen molar-refractivity contribution in [1.82, 2.24) is 0 Å². The SMILES string of the molecule is CCS(=O)(=O)[P+](C1CCCCC1)(C1CCCCC1)C1CCCCC1. The number of rotatable bonds is 5. The standard InChI is InChI=1S/C20H38O2PS/c1-2-24(21,22)23(18-12-6-3-7-13-18,19-14-8-4-9-15-19)20-16-10-5-11-17-20/h18-20H,2-17H2,1H3/q+1. The van der Waals surface area contributed by atoms with Crippen LogP contribution in [0.5, 0.6) is 0 Å². The molecule has 0 amide bonds. The molecule has 0 bridgehead atoms. The topological polar surface area (TPSA) is 34.1 Å². The minimum absolute atomic E-state index is 0.407. The molecule has 0 unspecified atom stereocenters. The summed E-state index contributed by atoms with van der Waals surface area (Å²) in [5.74, 6) is 0.407. The highest BCUT2D eigenvalue weighted by Crippen LogP contribution is 2.81. The number of hydrogen-bond donors (Lipinski definition) is 0. The third-order valence-electron chi connectivity index (χ3n) is 7.28. The van der Waals surface area contributed by atoms with Crippen LogP contribution in [0.1, 0.15) is 103 Å². The molecule has 0 heterocycles. The van der Waals surface area contributed by atoms with Gasteiger partial charge < -0.3 is 0 Å². The molecular weight excluding hydrogens is 335 g/mol. The fraction of sp³-hybridized carbons (Fsp3) is 1.00. The Kier molecular flexibility index (Phi) is 6.69. The van der Waals surface area contributed by atoms with Gasteiger partial charge in [-0.1, -0.05) is 19.3 Å². The van der Waals surface area contributed by atoms with Crippen molar-refractivity contribution in [1.29, 1.82) is 0 Å². The zero-order valence-corrected chi connectivity index (χ0v) is 17.4. The first-order valence-corrected chi connectivity index (χ1v) is 15.0. The summed E-state index contributed by atoms with van der Waals surface area (Å²) < 4.78 is 27.5. The lowest BCUT2D eigenvalue weighted by molar-refractivity contribution is 0.455. The van der Waals surface area contributed by atoms with E-state index in [0.717, 1.165) is 0 Å². The molecule has 3 aliphatic carbocycles. The first-order valence-electron chi connectivity index (χ1n) is 10.7. The second kappa shape index (κ2) is 8.38. The summed E-state index contributed by atoms with van der Waals surface area (Å²) in [4.78, 5) is 0. The molecule has 3 aliphatic rings. The fourth-order valence-corrected chi connectivity index (χ4v) is 20.7. The average molecular weight is 374 g/mol. The van der Waals surface area contributed by atoms with E-state index in [-0.39, 0.29) is 0 Å². The van der Waals surface area contributed by atoms with Gasteiger partial charge in [-0.25, -0.2) is 0 Å². The minimum Gasteiger partial charge on any atom is -0.190 e. The Morgan fingerprint density at radius 2 is 0.917 bits per heavy atom. The summed E-state index contributed by atoms with van der Waals surface area (Å²) in [6.45, 7) is -0.0101. The lowest BCUT2D eigenvalue weighted by atomic mass is 9.99. The second-order valence-corrected chi connectivity index (χ2v) is 17.5. The van der Waals surface area contributed by atoms with E-state index < -0.39 is 15.9 Å². The quantitative estimate of drug-likeness (QED) is 0.526. The van der Waals surface area contributed by atoms with Gasteiger partial charge in [0, 0.05) is 0 Å². The van der Waals surface area contributed by atoms with Gasteiger partial charge in [0.1, 0.15) is 6.46 Å². The van der Waals surface area contributed by atoms with Gasteiger partial charge in [-0.3, -0.25) is 0 Å². The van der Waals surface area contributed by atoms with E-state index in [0.29, 0.717) is 22.7 Å². The molecule has 140 valence electrons. The number of hydrogen-bond acceptors (Lipinski definition) is 2. The monoisotopic (exact) mass is 373 g/mol. The molecule has 0 aromatic carbocycles. The van der Waals surface area contributed by atoms with Crippen molar-refractivity contribution < 1.29 is 8.42 Å². The third-order valence-corrected chi connectivity index (χ3v) is 20.3. The van der Waals surface area contributed by atoms with Gasteiger partial charge in [0.05, 0.1) is 22.7 Å². The smallest absolute Gasteiger partial charge is 0.190 e. The lowest BCUT2D eigenvalue weighted by Crippen LogP contribution is -2.40. The summed E-state index contributed by atoms with van der Waals surface area (Å²) >= 11 is 0. The molecule has 0 radical (unpaired) electrons. The van der Waals surface area contributed by atoms with Crippen LogP contribution >= 0.6 is 6.46 Å². The Morgan fingerprint density at radius 3 is 1.17 bits per heavy atom. The second-order valence-electron chi connectivity index (χ2n) is 8.51. The molecule has 0 aromatic rings. The van der Waals surface area contributed by atoms with Crippen LogP contribution in [-0.4, -0.2) is 31.1 Å². The average Bonchev–Trinajstić information content (AvgIpc) is 2.65. The van der Waals surface area contributed by atoms with Crippen LogP contribution in [-0.2, 0) is 9.46 Å². The van der Waals surface area contributed by atoms with Crippen LogP contribution in [0, 0.1) is 0 Å². The molecule has 0 spiro atoms. The van der Waals surface area contributed by atoms with E-state index in [2.05, 4.69) is 0 Å². The van der Waals surface area contributed by atoms with Crippen LogP contribution < -0.4 is 0 Å². The van der Waals surface area contributed by atoms with Crippen molar-refractivity contribution in [3.05, 3.63) is 0 Å². The third kappa shape index (κ3) is 3.46. The highest BCUT2D eigenvalue weighted by Gasteiger charge is 2.65. The molecule has 24 heavy (non-hydrogen) atoms. The first-order chi connectivity index (χ1) is 11.6. The maximum absolute atomic E-state index is 13.8. The summed E-state index contributed by atoms with van der Waals surface area (Å²) in [7, 11) is -2.91. The van der Waals surface area contributed by atoms with Gasteiger partial charge >= 0.3 is 0 Å². The molecule has 0 aromatic heterocycles. The van der Waals surface area contributed by atoms with E-state index in [1.807, 2.05) is 6.92 Å². The Balaban J connectivity index is 2.06. The van der Waals surface area contributed by atoms with Gasteiger partial charge in [-0.05, 0) is 84.0 Å².